The SMILES string of the molecule is O=C(Cc1csc(-c2ccccc2)n1)Nc1ccccc1C(=O)Nc1cccc(F)c1. The van der Waals surface area contributed by atoms with Crippen molar-refractivity contribution in [3.8, 4) is 10.6 Å². The van der Waals surface area contributed by atoms with E-state index in [1.54, 1.807) is 30.3 Å². The third-order valence-electron chi connectivity index (χ3n) is 4.44. The molecule has 0 aliphatic rings. The molecule has 0 saturated heterocycles. The molecule has 2 amide bonds. The zero-order chi connectivity index (χ0) is 21.6. The first-order valence-corrected chi connectivity index (χ1v) is 10.4. The number of anilines is 2. The molecule has 4 aromatic rings. The number of hydrogen-bond acceptors (Lipinski definition) is 4. The van der Waals surface area contributed by atoms with E-state index in [9.17, 15) is 14.0 Å². The second kappa shape index (κ2) is 9.32. The second-order valence-corrected chi connectivity index (χ2v) is 7.60. The summed E-state index contributed by atoms with van der Waals surface area (Å²) in [7, 11) is 0. The van der Waals surface area contributed by atoms with Gasteiger partial charge < -0.3 is 10.6 Å². The first kappa shape index (κ1) is 20.4. The van der Waals surface area contributed by atoms with Crippen LogP contribution in [0.3, 0.4) is 0 Å². The van der Waals surface area contributed by atoms with Gasteiger partial charge in [0.05, 0.1) is 23.4 Å². The lowest BCUT2D eigenvalue weighted by Crippen LogP contribution is -2.19. The maximum absolute atomic E-state index is 13.4. The fourth-order valence-electron chi connectivity index (χ4n) is 3.02. The van der Waals surface area contributed by atoms with Crippen molar-refractivity contribution in [2.75, 3.05) is 10.6 Å². The molecule has 4 rings (SSSR count). The van der Waals surface area contributed by atoms with E-state index in [1.165, 1.54) is 29.5 Å². The molecule has 0 fully saturated rings. The highest BCUT2D eigenvalue weighted by atomic mass is 32.1. The number of nitrogens with one attached hydrogen (secondary N) is 2. The van der Waals surface area contributed by atoms with Crippen LogP contribution in [0.15, 0.2) is 84.2 Å². The topological polar surface area (TPSA) is 71.1 Å². The van der Waals surface area contributed by atoms with E-state index in [0.29, 0.717) is 17.1 Å². The minimum atomic E-state index is -0.447. The normalized spacial score (nSPS) is 10.5. The molecule has 0 bridgehead atoms. The van der Waals surface area contributed by atoms with E-state index in [0.717, 1.165) is 10.6 Å². The summed E-state index contributed by atoms with van der Waals surface area (Å²) in [4.78, 5) is 29.8. The van der Waals surface area contributed by atoms with Gasteiger partial charge >= 0.3 is 0 Å². The number of amides is 2. The fraction of sp³-hybridized carbons (Fsp3) is 0.0417. The van der Waals surface area contributed by atoms with Crippen LogP contribution in [0, 0.1) is 5.82 Å². The Morgan fingerprint density at radius 3 is 2.48 bits per heavy atom. The van der Waals surface area contributed by atoms with Gasteiger partial charge in [-0.15, -0.1) is 11.3 Å². The maximum Gasteiger partial charge on any atom is 0.257 e. The minimum Gasteiger partial charge on any atom is -0.325 e. The van der Waals surface area contributed by atoms with Crippen LogP contribution in [0.25, 0.3) is 10.6 Å². The standard InChI is InChI=1S/C24H18FN3O2S/c25-17-9-6-10-18(13-17)26-23(30)20-11-4-5-12-21(20)28-22(29)14-19-15-31-24(27-19)16-7-2-1-3-8-16/h1-13,15H,14H2,(H,26,30)(H,28,29). The highest BCUT2D eigenvalue weighted by Gasteiger charge is 2.15. The molecule has 3 aromatic carbocycles. The zero-order valence-corrected chi connectivity index (χ0v) is 17.2. The molecule has 5 nitrogen and oxygen atoms in total. The molecule has 0 radical (unpaired) electrons. The molecule has 1 aromatic heterocycles. The maximum atomic E-state index is 13.4. The van der Waals surface area contributed by atoms with Crippen molar-refractivity contribution in [2.45, 2.75) is 6.42 Å². The lowest BCUT2D eigenvalue weighted by molar-refractivity contribution is -0.115. The summed E-state index contributed by atoms with van der Waals surface area (Å²) in [5.41, 5.74) is 2.65. The smallest absolute Gasteiger partial charge is 0.257 e. The minimum absolute atomic E-state index is 0.0865. The molecule has 0 atom stereocenters. The number of para-hydroxylation sites is 1. The predicted molar refractivity (Wildman–Crippen MR) is 121 cm³/mol. The molecular weight excluding hydrogens is 413 g/mol. The Balaban J connectivity index is 1.44. The van der Waals surface area contributed by atoms with Crippen molar-refractivity contribution in [2.24, 2.45) is 0 Å². The van der Waals surface area contributed by atoms with Gasteiger partial charge in [-0.25, -0.2) is 9.37 Å². The first-order chi connectivity index (χ1) is 15.1. The Hall–Kier alpha value is -3.84. The summed E-state index contributed by atoms with van der Waals surface area (Å²) in [6, 6.07) is 22.1. The Bertz CT molecular complexity index is 1220. The van der Waals surface area contributed by atoms with Gasteiger partial charge in [0.1, 0.15) is 10.8 Å². The summed E-state index contributed by atoms with van der Waals surface area (Å²) < 4.78 is 13.4. The number of nitrogens with zero attached hydrogens (tertiary/aromatic N) is 1. The van der Waals surface area contributed by atoms with Crippen molar-refractivity contribution < 1.29 is 14.0 Å². The van der Waals surface area contributed by atoms with E-state index in [4.69, 9.17) is 0 Å². The number of hydrogen-bond donors (Lipinski definition) is 2. The summed E-state index contributed by atoms with van der Waals surface area (Å²) >= 11 is 1.48. The van der Waals surface area contributed by atoms with Crippen molar-refractivity contribution in [3.63, 3.8) is 0 Å². The summed E-state index contributed by atoms with van der Waals surface area (Å²) in [6.07, 6.45) is 0.0865. The third-order valence-corrected chi connectivity index (χ3v) is 5.38. The van der Waals surface area contributed by atoms with Crippen LogP contribution < -0.4 is 10.6 Å². The summed E-state index contributed by atoms with van der Waals surface area (Å²) in [5, 5.41) is 8.12. The molecule has 154 valence electrons. The average molecular weight is 431 g/mol. The molecule has 7 heteroatoms. The van der Waals surface area contributed by atoms with Gasteiger partial charge in [-0.1, -0.05) is 48.5 Å². The molecule has 2 N–H and O–H groups in total. The summed E-state index contributed by atoms with van der Waals surface area (Å²) in [6.45, 7) is 0. The average Bonchev–Trinajstić information content (AvgIpc) is 3.23. The van der Waals surface area contributed by atoms with Crippen LogP contribution in [0.4, 0.5) is 15.8 Å². The van der Waals surface area contributed by atoms with Crippen LogP contribution in [0.1, 0.15) is 16.1 Å². The Morgan fingerprint density at radius 2 is 1.68 bits per heavy atom. The van der Waals surface area contributed by atoms with Crippen molar-refractivity contribution in [3.05, 3.63) is 101 Å². The van der Waals surface area contributed by atoms with E-state index in [-0.39, 0.29) is 17.9 Å². The van der Waals surface area contributed by atoms with Gasteiger partial charge in [-0.05, 0) is 30.3 Å². The lowest BCUT2D eigenvalue weighted by atomic mass is 10.1. The highest BCUT2D eigenvalue weighted by Crippen LogP contribution is 2.24. The van der Waals surface area contributed by atoms with Crippen LogP contribution in [-0.4, -0.2) is 16.8 Å². The number of carbonyl (C=O) groups is 2. The van der Waals surface area contributed by atoms with Gasteiger partial charge in [-0.2, -0.15) is 0 Å². The first-order valence-electron chi connectivity index (χ1n) is 9.54. The molecule has 0 spiro atoms. The number of halogens is 1. The number of thiazole rings is 1. The van der Waals surface area contributed by atoms with Gasteiger partial charge in [0.25, 0.3) is 5.91 Å². The van der Waals surface area contributed by atoms with Crippen LogP contribution >= 0.6 is 11.3 Å². The van der Waals surface area contributed by atoms with E-state index in [1.807, 2.05) is 35.7 Å². The molecule has 0 aliphatic heterocycles. The zero-order valence-electron chi connectivity index (χ0n) is 16.3. The van der Waals surface area contributed by atoms with Crippen LogP contribution in [0.2, 0.25) is 0 Å². The van der Waals surface area contributed by atoms with E-state index < -0.39 is 11.7 Å². The number of carbonyl (C=O) groups excluding carboxylic acids is 2. The molecule has 0 unspecified atom stereocenters. The van der Waals surface area contributed by atoms with E-state index >= 15 is 0 Å². The lowest BCUT2D eigenvalue weighted by Gasteiger charge is -2.11. The highest BCUT2D eigenvalue weighted by molar-refractivity contribution is 7.13. The third kappa shape index (κ3) is 5.21. The molecule has 0 saturated carbocycles. The predicted octanol–water partition coefficient (Wildman–Crippen LogP) is 5.38. The molecule has 0 aliphatic carbocycles. The van der Waals surface area contributed by atoms with Crippen molar-refractivity contribution in [1.82, 2.24) is 4.98 Å². The second-order valence-electron chi connectivity index (χ2n) is 6.75. The van der Waals surface area contributed by atoms with Gasteiger partial charge in [-0.3, -0.25) is 9.59 Å². The molecule has 31 heavy (non-hydrogen) atoms. The van der Waals surface area contributed by atoms with Crippen LogP contribution in [-0.2, 0) is 11.2 Å². The van der Waals surface area contributed by atoms with Crippen molar-refractivity contribution in [1.29, 1.82) is 0 Å². The largest absolute Gasteiger partial charge is 0.325 e. The van der Waals surface area contributed by atoms with Gasteiger partial charge in [0, 0.05) is 16.6 Å². The Kier molecular flexibility index (Phi) is 6.14. The summed E-state index contributed by atoms with van der Waals surface area (Å²) in [5.74, 6) is -1.17. The number of benzene rings is 3. The quantitative estimate of drug-likeness (QED) is 0.430. The van der Waals surface area contributed by atoms with Crippen molar-refractivity contribution >= 4 is 34.5 Å². The number of rotatable bonds is 6. The van der Waals surface area contributed by atoms with Crippen LogP contribution in [0.5, 0.6) is 0 Å². The number of aromatic nitrogens is 1. The van der Waals surface area contributed by atoms with E-state index in [2.05, 4.69) is 15.6 Å². The van der Waals surface area contributed by atoms with Gasteiger partial charge in [0.2, 0.25) is 5.91 Å². The Morgan fingerprint density at radius 1 is 0.903 bits per heavy atom. The monoisotopic (exact) mass is 431 g/mol. The fourth-order valence-corrected chi connectivity index (χ4v) is 3.84. The molecule has 1 heterocycles. The Labute approximate surface area is 182 Å². The molecular formula is C24H18FN3O2S. The van der Waals surface area contributed by atoms with Gasteiger partial charge in [0.15, 0.2) is 0 Å².